The van der Waals surface area contributed by atoms with Crippen molar-refractivity contribution in [3.05, 3.63) is 30.1 Å². The van der Waals surface area contributed by atoms with Crippen molar-refractivity contribution in [3.8, 4) is 0 Å². The first-order chi connectivity index (χ1) is 11.5. The van der Waals surface area contributed by atoms with Crippen LogP contribution >= 0.6 is 12.4 Å². The van der Waals surface area contributed by atoms with Crippen LogP contribution in [-0.2, 0) is 14.3 Å². The second-order valence-corrected chi connectivity index (χ2v) is 6.25. The fraction of sp³-hybridized carbons (Fsp3) is 0.529. The first-order valence-corrected chi connectivity index (χ1v) is 8.21. The predicted molar refractivity (Wildman–Crippen MR) is 94.1 cm³/mol. The number of carbonyl (C=O) groups is 2. The molecular weight excluding hydrogens is 349 g/mol. The van der Waals surface area contributed by atoms with Gasteiger partial charge in [-0.25, -0.2) is 4.39 Å². The standard InChI is InChI=1S/C17H22FN3O3.ClH/c1-20(17(23)15-7-6-11(10-19)24-15)14-8-9-21(16(14)22)13-5-3-2-4-12(13)18;/h2-5,11,14-15H,6-10,19H2,1H3;1H/t11-,14?,15+;/m1./s1. The lowest BCUT2D eigenvalue weighted by atomic mass is 10.1. The van der Waals surface area contributed by atoms with Gasteiger partial charge in [0, 0.05) is 20.1 Å². The molecule has 2 amide bonds. The Kier molecular flexibility index (Phi) is 6.37. The van der Waals surface area contributed by atoms with Crippen molar-refractivity contribution in [2.75, 3.05) is 25.0 Å². The molecule has 0 aromatic heterocycles. The molecule has 2 heterocycles. The molecule has 0 spiro atoms. The van der Waals surface area contributed by atoms with Crippen LogP contribution in [0.1, 0.15) is 19.3 Å². The number of rotatable bonds is 4. The van der Waals surface area contributed by atoms with Gasteiger partial charge in [-0.3, -0.25) is 9.59 Å². The molecule has 0 aliphatic carbocycles. The lowest BCUT2D eigenvalue weighted by molar-refractivity contribution is -0.146. The Morgan fingerprint density at radius 2 is 2.08 bits per heavy atom. The van der Waals surface area contributed by atoms with Gasteiger partial charge in [0.15, 0.2) is 0 Å². The van der Waals surface area contributed by atoms with Gasteiger partial charge in [0.25, 0.3) is 5.91 Å². The van der Waals surface area contributed by atoms with Crippen molar-refractivity contribution < 1.29 is 18.7 Å². The zero-order chi connectivity index (χ0) is 17.3. The minimum absolute atomic E-state index is 0. The summed E-state index contributed by atoms with van der Waals surface area (Å²) in [5.41, 5.74) is 5.82. The van der Waals surface area contributed by atoms with Gasteiger partial charge in [-0.2, -0.15) is 0 Å². The van der Waals surface area contributed by atoms with Gasteiger partial charge in [-0.05, 0) is 31.4 Å². The summed E-state index contributed by atoms with van der Waals surface area (Å²) in [4.78, 5) is 28.1. The van der Waals surface area contributed by atoms with E-state index in [1.807, 2.05) is 0 Å². The van der Waals surface area contributed by atoms with Crippen LogP contribution in [0.2, 0.25) is 0 Å². The number of anilines is 1. The molecule has 2 fully saturated rings. The van der Waals surface area contributed by atoms with Gasteiger partial charge in [-0.15, -0.1) is 12.4 Å². The molecule has 25 heavy (non-hydrogen) atoms. The summed E-state index contributed by atoms with van der Waals surface area (Å²) in [5, 5.41) is 0. The molecule has 2 aliphatic heterocycles. The fourth-order valence-electron chi connectivity index (χ4n) is 3.38. The molecule has 1 unspecified atom stereocenters. The maximum Gasteiger partial charge on any atom is 0.252 e. The summed E-state index contributed by atoms with van der Waals surface area (Å²) >= 11 is 0. The highest BCUT2D eigenvalue weighted by Crippen LogP contribution is 2.28. The highest BCUT2D eigenvalue weighted by Gasteiger charge is 2.41. The molecule has 0 saturated carbocycles. The first-order valence-electron chi connectivity index (χ1n) is 8.21. The maximum atomic E-state index is 13.9. The number of carbonyl (C=O) groups excluding carboxylic acids is 2. The van der Waals surface area contributed by atoms with E-state index in [0.717, 1.165) is 6.42 Å². The van der Waals surface area contributed by atoms with Crippen LogP contribution in [0.4, 0.5) is 10.1 Å². The predicted octanol–water partition coefficient (Wildman–Crippen LogP) is 1.32. The fourth-order valence-corrected chi connectivity index (χ4v) is 3.38. The number of hydrogen-bond donors (Lipinski definition) is 1. The number of amides is 2. The first kappa shape index (κ1) is 19.6. The van der Waals surface area contributed by atoms with Crippen molar-refractivity contribution in [2.45, 2.75) is 37.5 Å². The summed E-state index contributed by atoms with van der Waals surface area (Å²) in [6, 6.07) is 5.58. The highest BCUT2D eigenvalue weighted by molar-refractivity contribution is 6.01. The van der Waals surface area contributed by atoms with E-state index < -0.39 is 18.0 Å². The van der Waals surface area contributed by atoms with Crippen LogP contribution in [0.5, 0.6) is 0 Å². The van der Waals surface area contributed by atoms with E-state index in [0.29, 0.717) is 25.9 Å². The lowest BCUT2D eigenvalue weighted by Gasteiger charge is -2.26. The smallest absolute Gasteiger partial charge is 0.252 e. The second kappa shape index (κ2) is 8.12. The largest absolute Gasteiger partial charge is 0.364 e. The van der Waals surface area contributed by atoms with Crippen molar-refractivity contribution in [1.82, 2.24) is 4.90 Å². The molecule has 1 aromatic carbocycles. The minimum Gasteiger partial charge on any atom is -0.364 e. The molecule has 6 nitrogen and oxygen atoms in total. The van der Waals surface area contributed by atoms with Crippen LogP contribution in [0, 0.1) is 5.82 Å². The third kappa shape index (κ3) is 3.78. The van der Waals surface area contributed by atoms with Crippen LogP contribution < -0.4 is 10.6 Å². The Hall–Kier alpha value is -1.70. The zero-order valence-electron chi connectivity index (χ0n) is 14.1. The van der Waals surface area contributed by atoms with Gasteiger partial charge in [0.05, 0.1) is 11.8 Å². The Bertz CT molecular complexity index is 645. The van der Waals surface area contributed by atoms with Crippen molar-refractivity contribution in [2.24, 2.45) is 5.73 Å². The summed E-state index contributed by atoms with van der Waals surface area (Å²) in [5.74, 6) is -0.908. The molecule has 138 valence electrons. The third-order valence-corrected chi connectivity index (χ3v) is 4.78. The second-order valence-electron chi connectivity index (χ2n) is 6.25. The molecule has 0 bridgehead atoms. The Morgan fingerprint density at radius 3 is 2.72 bits per heavy atom. The molecular formula is C17H23ClFN3O3. The van der Waals surface area contributed by atoms with Crippen LogP contribution in [0.3, 0.4) is 0 Å². The van der Waals surface area contributed by atoms with E-state index >= 15 is 0 Å². The molecule has 1 aromatic rings. The van der Waals surface area contributed by atoms with Crippen LogP contribution in [0.25, 0.3) is 0 Å². The van der Waals surface area contributed by atoms with E-state index in [2.05, 4.69) is 0 Å². The van der Waals surface area contributed by atoms with Gasteiger partial charge in [-0.1, -0.05) is 12.1 Å². The molecule has 3 atom stereocenters. The molecule has 2 aliphatic rings. The van der Waals surface area contributed by atoms with E-state index in [4.69, 9.17) is 10.5 Å². The summed E-state index contributed by atoms with van der Waals surface area (Å²) in [6.45, 7) is 0.774. The van der Waals surface area contributed by atoms with Crippen LogP contribution in [0.15, 0.2) is 24.3 Å². The summed E-state index contributed by atoms with van der Waals surface area (Å²) < 4.78 is 19.5. The number of benzene rings is 1. The zero-order valence-corrected chi connectivity index (χ0v) is 14.9. The molecule has 2 N–H and O–H groups in total. The monoisotopic (exact) mass is 371 g/mol. The maximum absolute atomic E-state index is 13.9. The van der Waals surface area contributed by atoms with Crippen LogP contribution in [-0.4, -0.2) is 55.1 Å². The number of likely N-dealkylation sites (N-methyl/N-ethyl adjacent to an activating group) is 1. The number of para-hydroxylation sites is 1. The highest BCUT2D eigenvalue weighted by atomic mass is 35.5. The molecule has 2 saturated heterocycles. The van der Waals surface area contributed by atoms with E-state index in [1.165, 1.54) is 15.9 Å². The Morgan fingerprint density at radius 1 is 1.36 bits per heavy atom. The SMILES string of the molecule is CN(C(=O)[C@@H]1CC[C@H](CN)O1)C1CCN(c2ccccc2F)C1=O.Cl. The average Bonchev–Trinajstić information content (AvgIpc) is 3.21. The third-order valence-electron chi connectivity index (χ3n) is 4.78. The topological polar surface area (TPSA) is 75.9 Å². The van der Waals surface area contributed by atoms with E-state index in [-0.39, 0.29) is 36.0 Å². The van der Waals surface area contributed by atoms with Gasteiger partial charge < -0.3 is 20.3 Å². The number of hydrogen-bond acceptors (Lipinski definition) is 4. The van der Waals surface area contributed by atoms with E-state index in [9.17, 15) is 14.0 Å². The molecule has 3 rings (SSSR count). The number of ether oxygens (including phenoxy) is 1. The van der Waals surface area contributed by atoms with Gasteiger partial charge >= 0.3 is 0 Å². The van der Waals surface area contributed by atoms with Crippen molar-refractivity contribution in [3.63, 3.8) is 0 Å². The summed E-state index contributed by atoms with van der Waals surface area (Å²) in [6.07, 6.45) is 1.20. The molecule has 8 heteroatoms. The Balaban J connectivity index is 0.00000225. The van der Waals surface area contributed by atoms with Gasteiger partial charge in [0.2, 0.25) is 5.91 Å². The summed E-state index contributed by atoms with van der Waals surface area (Å²) in [7, 11) is 1.61. The van der Waals surface area contributed by atoms with Crippen molar-refractivity contribution in [1.29, 1.82) is 0 Å². The molecule has 0 radical (unpaired) electrons. The normalized spacial score (nSPS) is 25.8. The average molecular weight is 372 g/mol. The Labute approximate surface area is 152 Å². The lowest BCUT2D eigenvalue weighted by Crippen LogP contribution is -2.47. The van der Waals surface area contributed by atoms with Crippen molar-refractivity contribution >= 4 is 29.9 Å². The number of halogens is 2. The van der Waals surface area contributed by atoms with E-state index in [1.54, 1.807) is 25.2 Å². The minimum atomic E-state index is -0.586. The quantitative estimate of drug-likeness (QED) is 0.866. The number of nitrogens with zero attached hydrogens (tertiary/aromatic N) is 2. The number of nitrogens with two attached hydrogens (primary N) is 1. The van der Waals surface area contributed by atoms with Gasteiger partial charge in [0.1, 0.15) is 18.0 Å².